The average Bonchev–Trinajstić information content (AvgIpc) is 3.04. The number of nitrogens with zero attached hydrogens (tertiary/aromatic N) is 2. The molecule has 0 N–H and O–H groups in total. The van der Waals surface area contributed by atoms with Gasteiger partial charge in [0.25, 0.3) is 0 Å². The van der Waals surface area contributed by atoms with Crippen molar-refractivity contribution >= 4 is 21.6 Å². The molecule has 3 rings (SSSR count). The molecule has 1 saturated carbocycles. The fourth-order valence-corrected chi connectivity index (χ4v) is 2.81. The molecule has 0 bridgehead atoms. The summed E-state index contributed by atoms with van der Waals surface area (Å²) in [5.74, 6) is 1.39. The molecule has 0 amide bonds. The second kappa shape index (κ2) is 4.13. The lowest BCUT2D eigenvalue weighted by Crippen LogP contribution is -2.01. The second-order valence-corrected chi connectivity index (χ2v) is 6.22. The first-order valence-electron chi connectivity index (χ1n) is 6.32. The first-order chi connectivity index (χ1) is 8.16. The van der Waals surface area contributed by atoms with E-state index < -0.39 is 0 Å². The molecular formula is C14H17BrN2. The van der Waals surface area contributed by atoms with E-state index in [1.54, 1.807) is 0 Å². The van der Waals surface area contributed by atoms with Gasteiger partial charge in [-0.1, -0.05) is 13.8 Å². The Morgan fingerprint density at radius 3 is 2.88 bits per heavy atom. The molecule has 0 aliphatic heterocycles. The zero-order valence-corrected chi connectivity index (χ0v) is 11.9. The summed E-state index contributed by atoms with van der Waals surface area (Å²) in [6.45, 7) is 4.54. The van der Waals surface area contributed by atoms with Crippen molar-refractivity contribution in [2.75, 3.05) is 0 Å². The lowest BCUT2D eigenvalue weighted by molar-refractivity contribution is 0.626. The molecule has 0 aromatic carbocycles. The van der Waals surface area contributed by atoms with E-state index in [9.17, 15) is 0 Å². The third-order valence-corrected chi connectivity index (χ3v) is 3.92. The Labute approximate surface area is 110 Å². The smallest absolute Gasteiger partial charge is 0.151 e. The fourth-order valence-electron chi connectivity index (χ4n) is 2.37. The predicted octanol–water partition coefficient (Wildman–Crippen LogP) is 4.17. The van der Waals surface area contributed by atoms with Crippen LogP contribution < -0.4 is 0 Å². The van der Waals surface area contributed by atoms with Gasteiger partial charge in [0.1, 0.15) is 0 Å². The van der Waals surface area contributed by atoms with E-state index in [4.69, 9.17) is 4.98 Å². The van der Waals surface area contributed by atoms with Crippen LogP contribution in [0.5, 0.6) is 0 Å². The summed E-state index contributed by atoms with van der Waals surface area (Å²) in [4.78, 5) is 4.84. The summed E-state index contributed by atoms with van der Waals surface area (Å²) >= 11 is 3.60. The highest BCUT2D eigenvalue weighted by molar-refractivity contribution is 9.10. The summed E-state index contributed by atoms with van der Waals surface area (Å²) in [5.41, 5.74) is 3.83. The second-order valence-electron chi connectivity index (χ2n) is 5.37. The van der Waals surface area contributed by atoms with Gasteiger partial charge in [-0.15, -0.1) is 0 Å². The topological polar surface area (TPSA) is 17.3 Å². The van der Waals surface area contributed by atoms with Crippen LogP contribution in [0.4, 0.5) is 0 Å². The highest BCUT2D eigenvalue weighted by Crippen LogP contribution is 2.42. The van der Waals surface area contributed by atoms with Gasteiger partial charge in [0.15, 0.2) is 5.65 Å². The minimum atomic E-state index is 0.673. The first-order valence-corrected chi connectivity index (χ1v) is 7.11. The van der Waals surface area contributed by atoms with Crippen molar-refractivity contribution in [1.29, 1.82) is 0 Å². The van der Waals surface area contributed by atoms with Crippen LogP contribution in [0.25, 0.3) is 5.65 Å². The lowest BCUT2D eigenvalue weighted by Gasteiger charge is -2.07. The van der Waals surface area contributed by atoms with Gasteiger partial charge in [0.05, 0.1) is 10.2 Å². The quantitative estimate of drug-likeness (QED) is 0.830. The molecule has 1 aliphatic carbocycles. The van der Waals surface area contributed by atoms with E-state index in [-0.39, 0.29) is 0 Å². The molecule has 2 heterocycles. The average molecular weight is 293 g/mol. The molecule has 17 heavy (non-hydrogen) atoms. The van der Waals surface area contributed by atoms with Gasteiger partial charge in [-0.3, -0.25) is 0 Å². The van der Waals surface area contributed by atoms with Crippen LogP contribution in [0.3, 0.4) is 0 Å². The Bertz CT molecular complexity index is 553. The zero-order chi connectivity index (χ0) is 12.0. The van der Waals surface area contributed by atoms with E-state index in [0.29, 0.717) is 5.92 Å². The van der Waals surface area contributed by atoms with Crippen LogP contribution in [0, 0.1) is 5.92 Å². The zero-order valence-electron chi connectivity index (χ0n) is 10.3. The normalized spacial score (nSPS) is 16.0. The SMILES string of the molecule is CC(C)Cc1c(C2CC2)nc2c(Br)cccn12. The molecule has 2 nitrogen and oxygen atoms in total. The van der Waals surface area contributed by atoms with Crippen molar-refractivity contribution in [3.8, 4) is 0 Å². The van der Waals surface area contributed by atoms with Crippen molar-refractivity contribution in [1.82, 2.24) is 9.38 Å². The van der Waals surface area contributed by atoms with Crippen LogP contribution in [-0.2, 0) is 6.42 Å². The summed E-state index contributed by atoms with van der Waals surface area (Å²) in [5, 5.41) is 0. The van der Waals surface area contributed by atoms with Crippen LogP contribution in [0.2, 0.25) is 0 Å². The highest BCUT2D eigenvalue weighted by Gasteiger charge is 2.30. The molecule has 0 saturated heterocycles. The molecule has 1 fully saturated rings. The molecule has 2 aromatic heterocycles. The number of imidazole rings is 1. The maximum absolute atomic E-state index is 4.84. The number of rotatable bonds is 3. The largest absolute Gasteiger partial charge is 0.303 e. The Kier molecular flexibility index (Phi) is 2.74. The van der Waals surface area contributed by atoms with Crippen LogP contribution >= 0.6 is 15.9 Å². The number of aromatic nitrogens is 2. The van der Waals surface area contributed by atoms with E-state index in [0.717, 1.165) is 22.5 Å². The van der Waals surface area contributed by atoms with E-state index >= 15 is 0 Å². The molecule has 0 radical (unpaired) electrons. The van der Waals surface area contributed by atoms with Gasteiger partial charge in [-0.2, -0.15) is 0 Å². The van der Waals surface area contributed by atoms with Crippen LogP contribution in [0.1, 0.15) is 44.0 Å². The fraction of sp³-hybridized carbons (Fsp3) is 0.500. The summed E-state index contributed by atoms with van der Waals surface area (Å²) in [6, 6.07) is 4.15. The Morgan fingerprint density at radius 2 is 2.24 bits per heavy atom. The maximum Gasteiger partial charge on any atom is 0.151 e. The van der Waals surface area contributed by atoms with Crippen LogP contribution in [-0.4, -0.2) is 9.38 Å². The third-order valence-electron chi connectivity index (χ3n) is 3.30. The Hall–Kier alpha value is -0.830. The minimum Gasteiger partial charge on any atom is -0.303 e. The monoisotopic (exact) mass is 292 g/mol. The minimum absolute atomic E-state index is 0.673. The molecule has 0 atom stereocenters. The summed E-state index contributed by atoms with van der Waals surface area (Å²) < 4.78 is 3.36. The van der Waals surface area contributed by atoms with Crippen molar-refractivity contribution in [3.63, 3.8) is 0 Å². The Balaban J connectivity index is 2.20. The third kappa shape index (κ3) is 2.01. The van der Waals surface area contributed by atoms with E-state index in [2.05, 4.69) is 52.5 Å². The molecule has 3 heteroatoms. The van der Waals surface area contributed by atoms with Crippen molar-refractivity contribution in [2.24, 2.45) is 5.92 Å². The number of hydrogen-bond acceptors (Lipinski definition) is 1. The lowest BCUT2D eigenvalue weighted by atomic mass is 10.1. The van der Waals surface area contributed by atoms with Crippen LogP contribution in [0.15, 0.2) is 22.8 Å². The number of pyridine rings is 1. The summed E-state index contributed by atoms with van der Waals surface area (Å²) in [7, 11) is 0. The molecule has 1 aliphatic rings. The van der Waals surface area contributed by atoms with Crippen molar-refractivity contribution in [2.45, 2.75) is 39.0 Å². The summed E-state index contributed by atoms with van der Waals surface area (Å²) in [6.07, 6.45) is 5.87. The van der Waals surface area contributed by atoms with Gasteiger partial charge in [0, 0.05) is 17.8 Å². The van der Waals surface area contributed by atoms with Gasteiger partial charge >= 0.3 is 0 Å². The van der Waals surface area contributed by atoms with Gasteiger partial charge in [-0.25, -0.2) is 4.98 Å². The highest BCUT2D eigenvalue weighted by atomic mass is 79.9. The van der Waals surface area contributed by atoms with Gasteiger partial charge in [-0.05, 0) is 53.2 Å². The predicted molar refractivity (Wildman–Crippen MR) is 73.4 cm³/mol. The van der Waals surface area contributed by atoms with E-state index in [1.165, 1.54) is 24.2 Å². The number of fused-ring (bicyclic) bond motifs is 1. The van der Waals surface area contributed by atoms with Crippen molar-refractivity contribution < 1.29 is 0 Å². The molecule has 90 valence electrons. The Morgan fingerprint density at radius 1 is 1.47 bits per heavy atom. The number of hydrogen-bond donors (Lipinski definition) is 0. The van der Waals surface area contributed by atoms with Gasteiger partial charge < -0.3 is 4.40 Å². The van der Waals surface area contributed by atoms with E-state index in [1.807, 2.05) is 0 Å². The molecule has 0 unspecified atom stereocenters. The molecule has 0 spiro atoms. The maximum atomic E-state index is 4.84. The standard InChI is InChI=1S/C14H17BrN2/c1-9(2)8-12-13(10-5-6-10)16-14-11(15)4-3-7-17(12)14/h3-4,7,9-10H,5-6,8H2,1-2H3. The first kappa shape index (κ1) is 11.3. The number of halogens is 1. The molecule has 2 aromatic rings. The van der Waals surface area contributed by atoms with Gasteiger partial charge in [0.2, 0.25) is 0 Å². The van der Waals surface area contributed by atoms with Crippen molar-refractivity contribution in [3.05, 3.63) is 34.2 Å². The molecular weight excluding hydrogens is 276 g/mol.